The predicted molar refractivity (Wildman–Crippen MR) is 59.6 cm³/mol. The van der Waals surface area contributed by atoms with E-state index >= 15 is 0 Å². The molecule has 0 aliphatic rings. The Bertz CT molecular complexity index is 368. The summed E-state index contributed by atoms with van der Waals surface area (Å²) in [5, 5.41) is 0.692. The minimum absolute atomic E-state index is 0.332. The van der Waals surface area contributed by atoms with E-state index in [-0.39, 0.29) is 5.97 Å². The van der Waals surface area contributed by atoms with Crippen molar-refractivity contribution in [2.45, 2.75) is 0 Å². The normalized spacial score (nSPS) is 9.93. The van der Waals surface area contributed by atoms with Gasteiger partial charge in [0.15, 0.2) is 0 Å². The van der Waals surface area contributed by atoms with Crippen LogP contribution in [0.4, 0.5) is 0 Å². The molecule has 1 rings (SSSR count). The lowest BCUT2D eigenvalue weighted by molar-refractivity contribution is 0.0590. The number of halogens is 1. The van der Waals surface area contributed by atoms with Gasteiger partial charge in [0.05, 0.1) is 7.11 Å². The molecule has 0 fully saturated rings. The second kappa shape index (κ2) is 4.46. The third-order valence-corrected chi connectivity index (χ3v) is 2.65. The topological polar surface area (TPSA) is 31.2 Å². The molecular weight excluding hydrogens is 246 g/mol. The molecule has 0 bridgehead atoms. The molecule has 0 atom stereocenters. The number of rotatable bonds is 3. The van der Waals surface area contributed by atoms with Crippen molar-refractivity contribution in [3.05, 3.63) is 30.1 Å². The van der Waals surface area contributed by atoms with Gasteiger partial charge in [-0.15, -0.1) is 0 Å². The number of aryl methyl sites for hydroxylation is 1. The van der Waals surface area contributed by atoms with Gasteiger partial charge < -0.3 is 9.30 Å². The molecule has 0 saturated carbocycles. The Labute approximate surface area is 91.5 Å². The number of alkyl halides is 1. The summed E-state index contributed by atoms with van der Waals surface area (Å²) >= 11 is 3.31. The maximum atomic E-state index is 11.3. The lowest BCUT2D eigenvalue weighted by Crippen LogP contribution is -2.06. The third-order valence-electron chi connectivity index (χ3n) is 1.97. The monoisotopic (exact) mass is 257 g/mol. The van der Waals surface area contributed by atoms with Crippen molar-refractivity contribution < 1.29 is 9.53 Å². The van der Waals surface area contributed by atoms with Crippen molar-refractivity contribution in [3.63, 3.8) is 0 Å². The third kappa shape index (κ3) is 2.07. The number of methoxy groups -OCH3 is 1. The molecule has 76 valence electrons. The highest BCUT2D eigenvalue weighted by molar-refractivity contribution is 9.09. The van der Waals surface area contributed by atoms with Gasteiger partial charge in [0.1, 0.15) is 5.69 Å². The first-order chi connectivity index (χ1) is 6.60. The molecule has 14 heavy (non-hydrogen) atoms. The summed E-state index contributed by atoms with van der Waals surface area (Å²) in [6, 6.07) is 1.77. The molecule has 1 heterocycles. The molecule has 3 nitrogen and oxygen atoms in total. The first-order valence-corrected chi connectivity index (χ1v) is 5.21. The average molecular weight is 258 g/mol. The van der Waals surface area contributed by atoms with Crippen LogP contribution in [0.1, 0.15) is 16.1 Å². The summed E-state index contributed by atoms with van der Waals surface area (Å²) in [6.45, 7) is 3.87. The molecule has 0 unspecified atom stereocenters. The Morgan fingerprint density at radius 2 is 2.36 bits per heavy atom. The fraction of sp³-hybridized carbons (Fsp3) is 0.300. The van der Waals surface area contributed by atoms with E-state index in [0.717, 1.165) is 11.1 Å². The lowest BCUT2D eigenvalue weighted by Gasteiger charge is -1.98. The van der Waals surface area contributed by atoms with E-state index in [1.54, 1.807) is 17.7 Å². The highest BCUT2D eigenvalue weighted by Crippen LogP contribution is 2.17. The van der Waals surface area contributed by atoms with Crippen LogP contribution in [0.2, 0.25) is 0 Å². The van der Waals surface area contributed by atoms with Crippen LogP contribution >= 0.6 is 15.9 Å². The van der Waals surface area contributed by atoms with Crippen LogP contribution in [0.5, 0.6) is 0 Å². The molecule has 0 aromatic carbocycles. The highest BCUT2D eigenvalue weighted by Gasteiger charge is 2.12. The second-order valence-corrected chi connectivity index (χ2v) is 3.51. The number of hydrogen-bond donors (Lipinski definition) is 0. The van der Waals surface area contributed by atoms with E-state index < -0.39 is 0 Å². The zero-order chi connectivity index (χ0) is 10.7. The maximum Gasteiger partial charge on any atom is 0.354 e. The predicted octanol–water partition coefficient (Wildman–Crippen LogP) is 2.22. The summed E-state index contributed by atoms with van der Waals surface area (Å²) in [4.78, 5) is 11.3. The fourth-order valence-corrected chi connectivity index (χ4v) is 1.47. The van der Waals surface area contributed by atoms with E-state index in [9.17, 15) is 4.79 Å². The largest absolute Gasteiger partial charge is 0.464 e. The quantitative estimate of drug-likeness (QED) is 0.615. The first-order valence-electron chi connectivity index (χ1n) is 4.09. The van der Waals surface area contributed by atoms with Crippen LogP contribution in [0, 0.1) is 0 Å². The summed E-state index contributed by atoms with van der Waals surface area (Å²) in [5.74, 6) is -0.332. The van der Waals surface area contributed by atoms with Crippen LogP contribution in [-0.2, 0) is 11.8 Å². The van der Waals surface area contributed by atoms with E-state index in [4.69, 9.17) is 0 Å². The summed E-state index contributed by atoms with van der Waals surface area (Å²) in [6.07, 6.45) is 1.86. The standard InChI is InChI=1S/C10H12BrNO2/c1-7(5-11)8-4-9(10(13)14-3)12(2)6-8/h4,6H,1,5H2,2-3H3. The number of hydrogen-bond acceptors (Lipinski definition) is 2. The van der Waals surface area contributed by atoms with Gasteiger partial charge in [0.2, 0.25) is 0 Å². The summed E-state index contributed by atoms with van der Waals surface area (Å²) < 4.78 is 6.37. The zero-order valence-electron chi connectivity index (χ0n) is 8.21. The summed E-state index contributed by atoms with van der Waals surface area (Å²) in [5.41, 5.74) is 2.42. The van der Waals surface area contributed by atoms with Crippen LogP contribution < -0.4 is 0 Å². The van der Waals surface area contributed by atoms with Gasteiger partial charge in [0.25, 0.3) is 0 Å². The van der Waals surface area contributed by atoms with Gasteiger partial charge in [-0.05, 0) is 17.2 Å². The van der Waals surface area contributed by atoms with Crippen LogP contribution in [-0.4, -0.2) is 23.0 Å². The van der Waals surface area contributed by atoms with Gasteiger partial charge in [0, 0.05) is 18.6 Å². The average Bonchev–Trinajstić information content (AvgIpc) is 2.58. The number of esters is 1. The molecule has 0 aliphatic heterocycles. The minimum Gasteiger partial charge on any atom is -0.464 e. The number of carbonyl (C=O) groups excluding carboxylic acids is 1. The fourth-order valence-electron chi connectivity index (χ4n) is 1.14. The first kappa shape index (κ1) is 11.0. The van der Waals surface area contributed by atoms with E-state index in [1.165, 1.54) is 7.11 Å². The Balaban J connectivity index is 3.05. The Hall–Kier alpha value is -1.03. The SMILES string of the molecule is C=C(CBr)c1cc(C(=O)OC)n(C)c1. The van der Waals surface area contributed by atoms with Gasteiger partial charge in [-0.25, -0.2) is 4.79 Å². The Morgan fingerprint density at radius 3 is 2.86 bits per heavy atom. The van der Waals surface area contributed by atoms with Crippen molar-refractivity contribution >= 4 is 27.5 Å². The lowest BCUT2D eigenvalue weighted by atomic mass is 10.2. The van der Waals surface area contributed by atoms with Crippen LogP contribution in [0.25, 0.3) is 5.57 Å². The minimum atomic E-state index is -0.332. The van der Waals surface area contributed by atoms with Crippen LogP contribution in [0.3, 0.4) is 0 Å². The number of aromatic nitrogens is 1. The van der Waals surface area contributed by atoms with E-state index in [1.807, 2.05) is 6.20 Å². The molecule has 1 aromatic rings. The van der Waals surface area contributed by atoms with Crippen molar-refractivity contribution in [3.8, 4) is 0 Å². The van der Waals surface area contributed by atoms with E-state index in [0.29, 0.717) is 11.0 Å². The zero-order valence-corrected chi connectivity index (χ0v) is 9.80. The van der Waals surface area contributed by atoms with Gasteiger partial charge in [-0.1, -0.05) is 22.5 Å². The molecule has 1 aromatic heterocycles. The van der Waals surface area contributed by atoms with Gasteiger partial charge >= 0.3 is 5.97 Å². The van der Waals surface area contributed by atoms with Crippen molar-refractivity contribution in [1.82, 2.24) is 4.57 Å². The highest BCUT2D eigenvalue weighted by atomic mass is 79.9. The smallest absolute Gasteiger partial charge is 0.354 e. The van der Waals surface area contributed by atoms with Crippen molar-refractivity contribution in [2.75, 3.05) is 12.4 Å². The number of carbonyl (C=O) groups is 1. The maximum absolute atomic E-state index is 11.3. The summed E-state index contributed by atoms with van der Waals surface area (Å²) in [7, 11) is 3.17. The van der Waals surface area contributed by atoms with Crippen molar-refractivity contribution in [1.29, 1.82) is 0 Å². The number of ether oxygens (including phenoxy) is 1. The molecule has 0 aliphatic carbocycles. The van der Waals surface area contributed by atoms with Crippen molar-refractivity contribution in [2.24, 2.45) is 7.05 Å². The molecule has 4 heteroatoms. The van der Waals surface area contributed by atoms with Crippen LogP contribution in [0.15, 0.2) is 18.8 Å². The number of nitrogens with zero attached hydrogens (tertiary/aromatic N) is 1. The molecular formula is C10H12BrNO2. The van der Waals surface area contributed by atoms with Gasteiger partial charge in [-0.3, -0.25) is 0 Å². The van der Waals surface area contributed by atoms with E-state index in [2.05, 4.69) is 27.2 Å². The number of allylic oxidation sites excluding steroid dienone is 1. The Morgan fingerprint density at radius 1 is 1.71 bits per heavy atom. The molecule has 0 saturated heterocycles. The molecule has 0 amide bonds. The second-order valence-electron chi connectivity index (χ2n) is 2.95. The van der Waals surface area contributed by atoms with Gasteiger partial charge in [-0.2, -0.15) is 0 Å². The molecule has 0 spiro atoms. The molecule has 0 radical (unpaired) electrons. The molecule has 0 N–H and O–H groups in total. The Kier molecular flexibility index (Phi) is 3.52.